The Labute approximate surface area is 149 Å². The van der Waals surface area contributed by atoms with Crippen LogP contribution in [0.3, 0.4) is 0 Å². The van der Waals surface area contributed by atoms with Crippen LogP contribution >= 0.6 is 0 Å². The molecule has 2 unspecified atom stereocenters. The molecule has 3 heterocycles. The van der Waals surface area contributed by atoms with E-state index in [-0.39, 0.29) is 35.7 Å². The fourth-order valence-electron chi connectivity index (χ4n) is 4.06. The largest absolute Gasteiger partial charge is 0.366 e. The van der Waals surface area contributed by atoms with Crippen LogP contribution in [0.4, 0.5) is 10.1 Å². The number of halogens is 1. The Balaban J connectivity index is 1.77. The molecule has 4 rings (SSSR count). The molecule has 2 saturated heterocycles. The molecule has 1 N–H and O–H groups in total. The van der Waals surface area contributed by atoms with Gasteiger partial charge in [0, 0.05) is 19.0 Å². The first-order valence-corrected chi connectivity index (χ1v) is 8.71. The Hall–Kier alpha value is -2.77. The molecule has 4 amide bonds. The molecule has 2 atom stereocenters. The number of rotatable bonds is 2. The van der Waals surface area contributed by atoms with Gasteiger partial charge in [0.1, 0.15) is 11.9 Å². The smallest absolute Gasteiger partial charge is 0.264 e. The average molecular weight is 359 g/mol. The number of benzene rings is 1. The lowest BCUT2D eigenvalue weighted by Crippen LogP contribution is -2.54. The quantitative estimate of drug-likeness (QED) is 0.803. The monoisotopic (exact) mass is 359 g/mol. The minimum Gasteiger partial charge on any atom is -0.366 e. The van der Waals surface area contributed by atoms with Gasteiger partial charge in [-0.25, -0.2) is 4.39 Å². The summed E-state index contributed by atoms with van der Waals surface area (Å²) in [5.74, 6) is -2.95. The summed E-state index contributed by atoms with van der Waals surface area (Å²) in [6.45, 7) is 2.56. The van der Waals surface area contributed by atoms with E-state index in [1.807, 2.05) is 11.8 Å². The van der Waals surface area contributed by atoms with Crippen molar-refractivity contribution in [3.05, 3.63) is 29.1 Å². The average Bonchev–Trinajstić information content (AvgIpc) is 3.11. The van der Waals surface area contributed by atoms with E-state index >= 15 is 0 Å². The van der Waals surface area contributed by atoms with Gasteiger partial charge in [-0.2, -0.15) is 0 Å². The minimum absolute atomic E-state index is 0.0217. The second kappa shape index (κ2) is 5.89. The number of imide groups is 2. The number of hydrogen-bond donors (Lipinski definition) is 1. The molecule has 0 spiro atoms. The third kappa shape index (κ3) is 2.32. The molecule has 0 saturated carbocycles. The number of amides is 4. The van der Waals surface area contributed by atoms with E-state index in [4.69, 9.17) is 0 Å². The molecule has 0 radical (unpaired) electrons. The number of piperidine rings is 1. The summed E-state index contributed by atoms with van der Waals surface area (Å²) >= 11 is 0. The van der Waals surface area contributed by atoms with Crippen molar-refractivity contribution in [2.75, 3.05) is 11.4 Å². The van der Waals surface area contributed by atoms with Gasteiger partial charge in [-0.3, -0.25) is 29.4 Å². The highest BCUT2D eigenvalue weighted by Crippen LogP contribution is 2.38. The van der Waals surface area contributed by atoms with Crippen LogP contribution in [-0.2, 0) is 9.59 Å². The molecular formula is C18H18FN3O4. The highest BCUT2D eigenvalue weighted by Gasteiger charge is 2.47. The summed E-state index contributed by atoms with van der Waals surface area (Å²) in [5.41, 5.74) is 0.268. The van der Waals surface area contributed by atoms with Gasteiger partial charge < -0.3 is 4.90 Å². The van der Waals surface area contributed by atoms with E-state index in [1.54, 1.807) is 0 Å². The van der Waals surface area contributed by atoms with E-state index < -0.39 is 35.5 Å². The van der Waals surface area contributed by atoms with E-state index in [9.17, 15) is 23.6 Å². The molecular weight excluding hydrogens is 341 g/mol. The summed E-state index contributed by atoms with van der Waals surface area (Å²) in [6.07, 6.45) is 1.88. The van der Waals surface area contributed by atoms with Crippen LogP contribution < -0.4 is 10.2 Å². The van der Waals surface area contributed by atoms with Crippen LogP contribution in [0.2, 0.25) is 0 Å². The summed E-state index contributed by atoms with van der Waals surface area (Å²) < 4.78 is 14.6. The van der Waals surface area contributed by atoms with E-state index in [2.05, 4.69) is 5.32 Å². The highest BCUT2D eigenvalue weighted by atomic mass is 19.1. The Morgan fingerprint density at radius 3 is 2.54 bits per heavy atom. The number of nitrogens with one attached hydrogen (secondary N) is 1. The highest BCUT2D eigenvalue weighted by molar-refractivity contribution is 6.25. The minimum atomic E-state index is -1.05. The van der Waals surface area contributed by atoms with Crippen LogP contribution in [0.15, 0.2) is 12.1 Å². The SMILES string of the molecule is CC1CCCN1c1c(F)ccc2c1C(=O)N(C1CCC(=O)NC1=O)C2=O. The number of carbonyl (C=O) groups excluding carboxylic acids is 4. The van der Waals surface area contributed by atoms with Crippen LogP contribution in [0, 0.1) is 5.82 Å². The molecule has 8 heteroatoms. The van der Waals surface area contributed by atoms with Crippen molar-refractivity contribution in [1.82, 2.24) is 10.2 Å². The maximum absolute atomic E-state index is 14.6. The molecule has 0 aliphatic carbocycles. The maximum atomic E-state index is 14.6. The maximum Gasteiger partial charge on any atom is 0.264 e. The molecule has 2 fully saturated rings. The third-order valence-electron chi connectivity index (χ3n) is 5.37. The lowest BCUT2D eigenvalue weighted by molar-refractivity contribution is -0.136. The number of fused-ring (bicyclic) bond motifs is 1. The van der Waals surface area contributed by atoms with Crippen molar-refractivity contribution in [3.8, 4) is 0 Å². The zero-order valence-electron chi connectivity index (χ0n) is 14.3. The van der Waals surface area contributed by atoms with Gasteiger partial charge in [0.15, 0.2) is 0 Å². The molecule has 26 heavy (non-hydrogen) atoms. The van der Waals surface area contributed by atoms with Gasteiger partial charge in [0.05, 0.1) is 16.8 Å². The fourth-order valence-corrected chi connectivity index (χ4v) is 4.06. The second-order valence-corrected chi connectivity index (χ2v) is 6.95. The number of hydrogen-bond acceptors (Lipinski definition) is 5. The normalized spacial score (nSPS) is 25.8. The van der Waals surface area contributed by atoms with E-state index in [0.29, 0.717) is 6.54 Å². The van der Waals surface area contributed by atoms with Gasteiger partial charge >= 0.3 is 0 Å². The van der Waals surface area contributed by atoms with Crippen molar-refractivity contribution < 1.29 is 23.6 Å². The Bertz CT molecular complexity index is 853. The number of anilines is 1. The zero-order valence-corrected chi connectivity index (χ0v) is 14.3. The van der Waals surface area contributed by atoms with Crippen molar-refractivity contribution in [2.45, 2.75) is 44.7 Å². The Kier molecular flexibility index (Phi) is 3.78. The van der Waals surface area contributed by atoms with Crippen LogP contribution in [0.1, 0.15) is 53.3 Å². The third-order valence-corrected chi connectivity index (χ3v) is 5.37. The molecule has 1 aromatic rings. The van der Waals surface area contributed by atoms with Crippen molar-refractivity contribution in [3.63, 3.8) is 0 Å². The van der Waals surface area contributed by atoms with Gasteiger partial charge in [-0.1, -0.05) is 0 Å². The molecule has 136 valence electrons. The van der Waals surface area contributed by atoms with Crippen LogP contribution in [0.25, 0.3) is 0 Å². The van der Waals surface area contributed by atoms with Crippen molar-refractivity contribution >= 4 is 29.3 Å². The van der Waals surface area contributed by atoms with Crippen LogP contribution in [0.5, 0.6) is 0 Å². The first kappa shape index (κ1) is 16.7. The van der Waals surface area contributed by atoms with Gasteiger partial charge in [-0.15, -0.1) is 0 Å². The lowest BCUT2D eigenvalue weighted by Gasteiger charge is -2.28. The topological polar surface area (TPSA) is 86.8 Å². The molecule has 1 aromatic carbocycles. The van der Waals surface area contributed by atoms with Gasteiger partial charge in [-0.05, 0) is 38.3 Å². The molecule has 0 aromatic heterocycles. The lowest BCUT2D eigenvalue weighted by atomic mass is 10.0. The zero-order chi connectivity index (χ0) is 18.6. The number of nitrogens with zero attached hydrogens (tertiary/aromatic N) is 2. The Morgan fingerprint density at radius 1 is 1.12 bits per heavy atom. The number of carbonyl (C=O) groups is 4. The van der Waals surface area contributed by atoms with E-state index in [1.165, 1.54) is 12.1 Å². The summed E-state index contributed by atoms with van der Waals surface area (Å²) in [5, 5.41) is 2.15. The summed E-state index contributed by atoms with van der Waals surface area (Å²) in [7, 11) is 0. The van der Waals surface area contributed by atoms with Crippen LogP contribution in [-0.4, -0.2) is 47.2 Å². The van der Waals surface area contributed by atoms with E-state index in [0.717, 1.165) is 17.7 Å². The standard InChI is InChI=1S/C18H18FN3O4/c1-9-3-2-8-21(9)15-11(19)5-4-10-14(15)18(26)22(17(10)25)12-6-7-13(23)20-16(12)24/h4-5,9,12H,2-3,6-8H2,1H3,(H,20,23,24). The predicted molar refractivity (Wildman–Crippen MR) is 89.1 cm³/mol. The van der Waals surface area contributed by atoms with Gasteiger partial charge in [0.25, 0.3) is 11.8 Å². The molecule has 3 aliphatic rings. The first-order chi connectivity index (χ1) is 12.4. The van der Waals surface area contributed by atoms with Gasteiger partial charge in [0.2, 0.25) is 11.8 Å². The summed E-state index contributed by atoms with van der Waals surface area (Å²) in [6, 6.07) is 1.50. The fraction of sp³-hybridized carbons (Fsp3) is 0.444. The van der Waals surface area contributed by atoms with Crippen molar-refractivity contribution in [1.29, 1.82) is 0 Å². The molecule has 0 bridgehead atoms. The Morgan fingerprint density at radius 2 is 1.88 bits per heavy atom. The van der Waals surface area contributed by atoms with Crippen molar-refractivity contribution in [2.24, 2.45) is 0 Å². The second-order valence-electron chi connectivity index (χ2n) is 6.95. The molecule has 3 aliphatic heterocycles. The predicted octanol–water partition coefficient (Wildman–Crippen LogP) is 1.22. The molecule has 7 nitrogen and oxygen atoms in total. The first-order valence-electron chi connectivity index (χ1n) is 8.71. The summed E-state index contributed by atoms with van der Waals surface area (Å²) in [4.78, 5) is 52.0.